The van der Waals surface area contributed by atoms with Crippen LogP contribution in [0.1, 0.15) is 11.4 Å². The number of hydrogen-bond acceptors (Lipinski definition) is 3. The Bertz CT molecular complexity index is 688. The molecule has 0 saturated carbocycles. The maximum Gasteiger partial charge on any atom is 0.156 e. The Labute approximate surface area is 109 Å². The third kappa shape index (κ3) is 2.15. The second-order valence-corrected chi connectivity index (χ2v) is 4.53. The van der Waals surface area contributed by atoms with Gasteiger partial charge in [0.25, 0.3) is 0 Å². The molecule has 18 heavy (non-hydrogen) atoms. The van der Waals surface area contributed by atoms with Crippen LogP contribution in [0.15, 0.2) is 42.6 Å². The van der Waals surface area contributed by atoms with Gasteiger partial charge in [0.2, 0.25) is 0 Å². The number of nitrogen functional groups attached to an aromatic ring is 1. The van der Waals surface area contributed by atoms with Crippen molar-refractivity contribution in [2.45, 2.75) is 6.42 Å². The van der Waals surface area contributed by atoms with E-state index in [0.717, 1.165) is 22.7 Å². The first kappa shape index (κ1) is 11.0. The van der Waals surface area contributed by atoms with E-state index in [1.54, 1.807) is 16.8 Å². The van der Waals surface area contributed by atoms with E-state index in [-0.39, 0.29) is 0 Å². The first-order chi connectivity index (χ1) is 8.70. The normalized spacial score (nSPS) is 10.9. The summed E-state index contributed by atoms with van der Waals surface area (Å²) in [4.78, 5) is 4.43. The number of nitrogens with zero attached hydrogens (tertiary/aromatic N) is 3. The summed E-state index contributed by atoms with van der Waals surface area (Å²) in [5.41, 5.74) is 8.33. The van der Waals surface area contributed by atoms with Crippen LogP contribution < -0.4 is 5.73 Å². The molecule has 0 unspecified atom stereocenters. The molecule has 0 aliphatic heterocycles. The number of fused-ring (bicyclic) bond motifs is 1. The van der Waals surface area contributed by atoms with E-state index < -0.39 is 0 Å². The Kier molecular flexibility index (Phi) is 2.64. The van der Waals surface area contributed by atoms with Gasteiger partial charge in [0, 0.05) is 18.3 Å². The number of rotatable bonds is 2. The highest BCUT2D eigenvalue weighted by atomic mass is 35.5. The first-order valence-corrected chi connectivity index (χ1v) is 5.94. The lowest BCUT2D eigenvalue weighted by Crippen LogP contribution is -1.93. The lowest BCUT2D eigenvalue weighted by molar-refractivity contribution is 0.900. The molecule has 2 heterocycles. The van der Waals surface area contributed by atoms with E-state index in [1.165, 1.54) is 0 Å². The van der Waals surface area contributed by atoms with Crippen molar-refractivity contribution in [2.24, 2.45) is 0 Å². The van der Waals surface area contributed by atoms with Crippen molar-refractivity contribution < 1.29 is 0 Å². The molecular formula is C13H11ClN4. The fourth-order valence-corrected chi connectivity index (χ4v) is 1.95. The summed E-state index contributed by atoms with van der Waals surface area (Å²) in [6, 6.07) is 11.4. The van der Waals surface area contributed by atoms with Gasteiger partial charge < -0.3 is 5.73 Å². The van der Waals surface area contributed by atoms with Crippen molar-refractivity contribution in [2.75, 3.05) is 5.73 Å². The zero-order valence-electron chi connectivity index (χ0n) is 9.55. The van der Waals surface area contributed by atoms with E-state index in [4.69, 9.17) is 17.3 Å². The number of halogens is 1. The van der Waals surface area contributed by atoms with Gasteiger partial charge in [0.1, 0.15) is 0 Å². The van der Waals surface area contributed by atoms with Crippen LogP contribution in [0.3, 0.4) is 0 Å². The molecule has 0 amide bonds. The molecule has 90 valence electrons. The molecule has 0 bridgehead atoms. The van der Waals surface area contributed by atoms with E-state index in [9.17, 15) is 0 Å². The highest BCUT2D eigenvalue weighted by Crippen LogP contribution is 2.12. The summed E-state index contributed by atoms with van der Waals surface area (Å²) in [6.07, 6.45) is 2.43. The van der Waals surface area contributed by atoms with E-state index >= 15 is 0 Å². The van der Waals surface area contributed by atoms with Crippen molar-refractivity contribution in [3.63, 3.8) is 0 Å². The van der Waals surface area contributed by atoms with Crippen LogP contribution in [-0.2, 0) is 6.42 Å². The van der Waals surface area contributed by atoms with Crippen LogP contribution >= 0.6 is 11.6 Å². The summed E-state index contributed by atoms with van der Waals surface area (Å²) < 4.78 is 1.69. The van der Waals surface area contributed by atoms with E-state index in [1.807, 2.05) is 30.3 Å². The van der Waals surface area contributed by atoms with Gasteiger partial charge in [0.15, 0.2) is 11.5 Å². The van der Waals surface area contributed by atoms with Gasteiger partial charge in [-0.2, -0.15) is 5.10 Å². The molecule has 3 aromatic rings. The van der Waals surface area contributed by atoms with Gasteiger partial charge in [-0.1, -0.05) is 23.7 Å². The number of aromatic nitrogens is 3. The second kappa shape index (κ2) is 4.31. The fraction of sp³-hybridized carbons (Fsp3) is 0.0769. The average Bonchev–Trinajstić information content (AvgIpc) is 2.73. The summed E-state index contributed by atoms with van der Waals surface area (Å²) >= 11 is 5.90. The Morgan fingerprint density at radius 3 is 2.67 bits per heavy atom. The average molecular weight is 259 g/mol. The molecule has 1 aromatic carbocycles. The molecular weight excluding hydrogens is 248 g/mol. The zero-order chi connectivity index (χ0) is 12.5. The predicted octanol–water partition coefficient (Wildman–Crippen LogP) is 2.56. The highest BCUT2D eigenvalue weighted by molar-refractivity contribution is 6.30. The summed E-state index contributed by atoms with van der Waals surface area (Å²) in [5.74, 6) is 0.766. The van der Waals surface area contributed by atoms with Crippen molar-refractivity contribution in [3.05, 3.63) is 59.0 Å². The number of hydrogen-bond donors (Lipinski definition) is 1. The Morgan fingerprint density at radius 2 is 1.89 bits per heavy atom. The molecule has 0 aliphatic carbocycles. The summed E-state index contributed by atoms with van der Waals surface area (Å²) in [5, 5.41) is 5.03. The van der Waals surface area contributed by atoms with Crippen LogP contribution in [-0.4, -0.2) is 14.6 Å². The largest absolute Gasteiger partial charge is 0.399 e. The van der Waals surface area contributed by atoms with E-state index in [0.29, 0.717) is 11.4 Å². The van der Waals surface area contributed by atoms with Gasteiger partial charge in [-0.15, -0.1) is 0 Å². The lowest BCUT2D eigenvalue weighted by Gasteiger charge is -1.97. The van der Waals surface area contributed by atoms with Crippen LogP contribution in [0.4, 0.5) is 5.69 Å². The maximum absolute atomic E-state index is 5.90. The van der Waals surface area contributed by atoms with Crippen LogP contribution in [0, 0.1) is 0 Å². The Balaban J connectivity index is 1.92. The molecule has 0 spiro atoms. The second-order valence-electron chi connectivity index (χ2n) is 4.10. The molecule has 5 heteroatoms. The summed E-state index contributed by atoms with van der Waals surface area (Å²) in [7, 11) is 0. The van der Waals surface area contributed by atoms with Gasteiger partial charge >= 0.3 is 0 Å². The maximum atomic E-state index is 5.90. The third-order valence-corrected chi connectivity index (χ3v) is 2.90. The minimum atomic E-state index is 0.645. The van der Waals surface area contributed by atoms with Gasteiger partial charge in [-0.05, 0) is 29.8 Å². The molecule has 3 rings (SSSR count). The Hall–Kier alpha value is -2.07. The quantitative estimate of drug-likeness (QED) is 0.719. The van der Waals surface area contributed by atoms with Gasteiger partial charge in [0.05, 0.1) is 5.02 Å². The molecule has 0 aliphatic rings. The highest BCUT2D eigenvalue weighted by Gasteiger charge is 2.04. The molecule has 0 fully saturated rings. The first-order valence-electron chi connectivity index (χ1n) is 5.56. The smallest absolute Gasteiger partial charge is 0.156 e. The van der Waals surface area contributed by atoms with Crippen molar-refractivity contribution in [1.29, 1.82) is 0 Å². The van der Waals surface area contributed by atoms with Crippen LogP contribution in [0.2, 0.25) is 5.02 Å². The van der Waals surface area contributed by atoms with Gasteiger partial charge in [-0.25, -0.2) is 9.50 Å². The standard InChI is InChI=1S/C13H11ClN4/c14-10-3-6-13-16-12(17-18(13)8-10)7-9-1-4-11(15)5-2-9/h1-6,8H,7,15H2. The topological polar surface area (TPSA) is 56.2 Å². The molecule has 2 aromatic heterocycles. The fourth-order valence-electron chi connectivity index (χ4n) is 1.80. The number of anilines is 1. The van der Waals surface area contributed by atoms with Gasteiger partial charge in [-0.3, -0.25) is 0 Å². The van der Waals surface area contributed by atoms with Crippen LogP contribution in [0.5, 0.6) is 0 Å². The number of pyridine rings is 1. The Morgan fingerprint density at radius 1 is 1.11 bits per heavy atom. The van der Waals surface area contributed by atoms with Crippen LogP contribution in [0.25, 0.3) is 5.65 Å². The van der Waals surface area contributed by atoms with Crippen molar-refractivity contribution in [1.82, 2.24) is 14.6 Å². The van der Waals surface area contributed by atoms with E-state index in [2.05, 4.69) is 10.1 Å². The molecule has 2 N–H and O–H groups in total. The molecule has 0 saturated heterocycles. The minimum absolute atomic E-state index is 0.645. The SMILES string of the molecule is Nc1ccc(Cc2nc3ccc(Cl)cn3n2)cc1. The lowest BCUT2D eigenvalue weighted by atomic mass is 10.1. The van der Waals surface area contributed by atoms with Crippen molar-refractivity contribution >= 4 is 22.9 Å². The number of nitrogens with two attached hydrogens (primary N) is 1. The molecule has 0 radical (unpaired) electrons. The van der Waals surface area contributed by atoms with Crippen molar-refractivity contribution in [3.8, 4) is 0 Å². The monoisotopic (exact) mass is 258 g/mol. The molecule has 4 nitrogen and oxygen atoms in total. The number of benzene rings is 1. The third-order valence-electron chi connectivity index (χ3n) is 2.68. The zero-order valence-corrected chi connectivity index (χ0v) is 10.3. The predicted molar refractivity (Wildman–Crippen MR) is 71.7 cm³/mol. The minimum Gasteiger partial charge on any atom is -0.399 e. The summed E-state index contributed by atoms with van der Waals surface area (Å²) in [6.45, 7) is 0. The molecule has 0 atom stereocenters.